The Morgan fingerprint density at radius 2 is 1.47 bits per heavy atom. The summed E-state index contributed by atoms with van der Waals surface area (Å²) in [7, 11) is 0. The third-order valence-electron chi connectivity index (χ3n) is 1.96. The lowest BCUT2D eigenvalue weighted by molar-refractivity contribution is -0.302. The molecule has 0 saturated carbocycles. The van der Waals surface area contributed by atoms with E-state index in [0.29, 0.717) is 0 Å². The molecule has 0 fully saturated rings. The Labute approximate surface area is 105 Å². The van der Waals surface area contributed by atoms with Gasteiger partial charge in [0.2, 0.25) is 0 Å². The number of halogens is 1. The third-order valence-corrected chi connectivity index (χ3v) is 2.29. The molecule has 3 heteroatoms. The van der Waals surface area contributed by atoms with Crippen molar-refractivity contribution in [2.75, 3.05) is 0 Å². The quantitative estimate of drug-likeness (QED) is 0.777. The summed E-state index contributed by atoms with van der Waals surface area (Å²) in [6.45, 7) is 0.972. The lowest BCUT2D eigenvalue weighted by atomic mass is 10.1. The first-order chi connectivity index (χ1) is 8.11. The van der Waals surface area contributed by atoms with E-state index in [1.54, 1.807) is 0 Å². The number of benzene rings is 2. The predicted molar refractivity (Wildman–Crippen MR) is 67.6 cm³/mol. The lowest BCUT2D eigenvalue weighted by Gasteiger charge is -2.02. The van der Waals surface area contributed by atoms with Gasteiger partial charge in [0.05, 0.1) is 0 Å². The van der Waals surface area contributed by atoms with Crippen molar-refractivity contribution in [3.8, 4) is 11.1 Å². The van der Waals surface area contributed by atoms with Crippen LogP contribution in [0.3, 0.4) is 0 Å². The fraction of sp³-hybridized carbons (Fsp3) is 0.0714. The number of carboxylic acids is 1. The summed E-state index contributed by atoms with van der Waals surface area (Å²) < 4.78 is 0. The molecule has 2 nitrogen and oxygen atoms in total. The molecule has 0 amide bonds. The van der Waals surface area contributed by atoms with E-state index in [4.69, 9.17) is 21.5 Å². The fourth-order valence-corrected chi connectivity index (χ4v) is 1.56. The van der Waals surface area contributed by atoms with E-state index in [2.05, 4.69) is 12.1 Å². The van der Waals surface area contributed by atoms with E-state index in [9.17, 15) is 0 Å². The fourth-order valence-electron chi connectivity index (χ4n) is 1.31. The lowest BCUT2D eigenvalue weighted by Crippen LogP contribution is -2.16. The Morgan fingerprint density at radius 3 is 2.00 bits per heavy atom. The predicted octanol–water partition coefficient (Wildman–Crippen LogP) is 2.76. The van der Waals surface area contributed by atoms with Gasteiger partial charge < -0.3 is 9.90 Å². The van der Waals surface area contributed by atoms with E-state index in [-0.39, 0.29) is 0 Å². The van der Waals surface area contributed by atoms with Crippen molar-refractivity contribution in [3.63, 3.8) is 0 Å². The van der Waals surface area contributed by atoms with Gasteiger partial charge in [-0.25, -0.2) is 0 Å². The highest BCUT2D eigenvalue weighted by Gasteiger charge is 1.99. The van der Waals surface area contributed by atoms with Crippen LogP contribution in [0.2, 0.25) is 5.02 Å². The van der Waals surface area contributed by atoms with E-state index in [1.807, 2.05) is 42.5 Å². The minimum atomic E-state index is -1.08. The van der Waals surface area contributed by atoms with Gasteiger partial charge in [0.1, 0.15) is 0 Å². The van der Waals surface area contributed by atoms with Gasteiger partial charge in [0.25, 0.3) is 0 Å². The number of carbonyl (C=O) groups excluding carboxylic acids is 1. The van der Waals surface area contributed by atoms with Crippen LogP contribution >= 0.6 is 11.6 Å². The highest BCUT2D eigenvalue weighted by atomic mass is 35.5. The molecule has 0 heterocycles. The SMILES string of the molecule is CC(=O)[O-].Clc1ccccc1-c1ccccc1. The molecule has 2 aromatic carbocycles. The van der Waals surface area contributed by atoms with E-state index < -0.39 is 5.97 Å². The summed E-state index contributed by atoms with van der Waals surface area (Å²) in [5.74, 6) is -1.08. The summed E-state index contributed by atoms with van der Waals surface area (Å²) in [5, 5.41) is 9.69. The molecule has 0 bridgehead atoms. The second-order valence-electron chi connectivity index (χ2n) is 3.34. The molecular weight excluding hydrogens is 236 g/mol. The Bertz CT molecular complexity index is 477. The van der Waals surface area contributed by atoms with E-state index in [0.717, 1.165) is 23.1 Å². The molecule has 0 saturated heterocycles. The number of aliphatic carboxylic acids is 1. The van der Waals surface area contributed by atoms with Gasteiger partial charge in [-0.2, -0.15) is 0 Å². The third kappa shape index (κ3) is 4.70. The zero-order chi connectivity index (χ0) is 12.7. The maximum atomic E-state index is 8.89. The van der Waals surface area contributed by atoms with Gasteiger partial charge in [-0.05, 0) is 18.6 Å². The van der Waals surface area contributed by atoms with Crippen LogP contribution in [0, 0.1) is 0 Å². The van der Waals surface area contributed by atoms with Crippen molar-refractivity contribution < 1.29 is 9.90 Å². The Kier molecular flexibility index (Phi) is 5.24. The Balaban J connectivity index is 0.000000317. The summed E-state index contributed by atoms with van der Waals surface area (Å²) in [6.07, 6.45) is 0. The molecule has 88 valence electrons. The normalized spacial score (nSPS) is 9.06. The van der Waals surface area contributed by atoms with E-state index >= 15 is 0 Å². The average Bonchev–Trinajstić information content (AvgIpc) is 2.30. The molecule has 17 heavy (non-hydrogen) atoms. The van der Waals surface area contributed by atoms with Crippen LogP contribution in [-0.2, 0) is 4.79 Å². The summed E-state index contributed by atoms with van der Waals surface area (Å²) in [5.41, 5.74) is 2.25. The molecule has 0 spiro atoms. The summed E-state index contributed by atoms with van der Waals surface area (Å²) in [6, 6.07) is 18.0. The number of hydrogen-bond acceptors (Lipinski definition) is 2. The summed E-state index contributed by atoms with van der Waals surface area (Å²) in [4.78, 5) is 8.89. The van der Waals surface area contributed by atoms with Crippen molar-refractivity contribution in [2.24, 2.45) is 0 Å². The summed E-state index contributed by atoms with van der Waals surface area (Å²) >= 11 is 6.06. The molecule has 0 atom stereocenters. The standard InChI is InChI=1S/C12H9Cl.C2H4O2/c13-12-9-5-4-8-11(12)10-6-2-1-3-7-10;1-2(3)4/h1-9H;1H3,(H,3,4)/p-1. The number of hydrogen-bond donors (Lipinski definition) is 0. The van der Waals surface area contributed by atoms with Crippen LogP contribution in [0.4, 0.5) is 0 Å². The molecular formula is C14H12ClO2-. The monoisotopic (exact) mass is 247 g/mol. The van der Waals surface area contributed by atoms with Gasteiger partial charge in [-0.3, -0.25) is 0 Å². The van der Waals surface area contributed by atoms with Crippen molar-refractivity contribution in [1.29, 1.82) is 0 Å². The smallest absolute Gasteiger partial charge is 0.0484 e. The van der Waals surface area contributed by atoms with Crippen molar-refractivity contribution in [2.45, 2.75) is 6.92 Å². The molecule has 0 aromatic heterocycles. The first kappa shape index (κ1) is 13.3. The van der Waals surface area contributed by atoms with Crippen LogP contribution in [0.1, 0.15) is 6.92 Å². The molecule has 2 rings (SSSR count). The van der Waals surface area contributed by atoms with Crippen LogP contribution in [0.5, 0.6) is 0 Å². The molecule has 0 aliphatic rings. The average molecular weight is 248 g/mol. The highest BCUT2D eigenvalue weighted by Crippen LogP contribution is 2.26. The molecule has 0 radical (unpaired) electrons. The maximum absolute atomic E-state index is 8.89. The number of rotatable bonds is 1. The Hall–Kier alpha value is -1.80. The number of carbonyl (C=O) groups is 1. The minimum Gasteiger partial charge on any atom is -0.550 e. The Morgan fingerprint density at radius 1 is 1.00 bits per heavy atom. The van der Waals surface area contributed by atoms with E-state index in [1.165, 1.54) is 0 Å². The highest BCUT2D eigenvalue weighted by molar-refractivity contribution is 6.33. The second-order valence-corrected chi connectivity index (χ2v) is 3.74. The van der Waals surface area contributed by atoms with Crippen molar-refractivity contribution >= 4 is 17.6 Å². The topological polar surface area (TPSA) is 40.1 Å². The number of carboxylic acid groups (broad SMARTS) is 1. The van der Waals surface area contributed by atoms with Gasteiger partial charge in [-0.15, -0.1) is 0 Å². The van der Waals surface area contributed by atoms with Gasteiger partial charge >= 0.3 is 0 Å². The van der Waals surface area contributed by atoms with Crippen molar-refractivity contribution in [1.82, 2.24) is 0 Å². The van der Waals surface area contributed by atoms with Crippen LogP contribution in [-0.4, -0.2) is 5.97 Å². The first-order valence-corrected chi connectivity index (χ1v) is 5.46. The van der Waals surface area contributed by atoms with Crippen LogP contribution in [0.15, 0.2) is 54.6 Å². The van der Waals surface area contributed by atoms with Gasteiger partial charge in [0.15, 0.2) is 0 Å². The first-order valence-electron chi connectivity index (χ1n) is 5.09. The van der Waals surface area contributed by atoms with Gasteiger partial charge in [-0.1, -0.05) is 60.1 Å². The molecule has 2 aromatic rings. The zero-order valence-electron chi connectivity index (χ0n) is 9.39. The van der Waals surface area contributed by atoms with Gasteiger partial charge in [0, 0.05) is 16.6 Å². The van der Waals surface area contributed by atoms with Crippen LogP contribution < -0.4 is 5.11 Å². The second kappa shape index (κ2) is 6.71. The molecule has 0 aliphatic heterocycles. The minimum absolute atomic E-state index is 0.800. The zero-order valence-corrected chi connectivity index (χ0v) is 10.1. The largest absolute Gasteiger partial charge is 0.550 e. The van der Waals surface area contributed by atoms with Crippen LogP contribution in [0.25, 0.3) is 11.1 Å². The molecule has 0 aliphatic carbocycles. The maximum Gasteiger partial charge on any atom is 0.0484 e. The molecule has 0 N–H and O–H groups in total. The van der Waals surface area contributed by atoms with Crippen molar-refractivity contribution in [3.05, 3.63) is 59.6 Å². The molecule has 0 unspecified atom stereocenters.